The van der Waals surface area contributed by atoms with Crippen LogP contribution in [0.3, 0.4) is 0 Å². The van der Waals surface area contributed by atoms with Gasteiger partial charge in [-0.15, -0.1) is 0 Å². The van der Waals surface area contributed by atoms with Crippen molar-refractivity contribution in [3.8, 4) is 0 Å². The molecule has 1 atom stereocenters. The second-order valence-electron chi connectivity index (χ2n) is 3.80. The summed E-state index contributed by atoms with van der Waals surface area (Å²) >= 11 is 0. The van der Waals surface area contributed by atoms with Crippen molar-refractivity contribution >= 4 is 10.0 Å². The number of primary sulfonamides is 1. The predicted octanol–water partition coefficient (Wildman–Crippen LogP) is 2.24. The van der Waals surface area contributed by atoms with Crippen LogP contribution in [0.1, 0.15) is 38.2 Å². The van der Waals surface area contributed by atoms with E-state index < -0.39 is 10.0 Å². The molecule has 1 unspecified atom stereocenters. The molecule has 1 aromatic carbocycles. The molecule has 1 rings (SSSR count). The zero-order valence-corrected chi connectivity index (χ0v) is 9.92. The van der Waals surface area contributed by atoms with Crippen LogP contribution in [0, 0.1) is 0 Å². The van der Waals surface area contributed by atoms with E-state index in [0.717, 1.165) is 18.4 Å². The number of hydrogen-bond acceptors (Lipinski definition) is 2. The average molecular weight is 227 g/mol. The first-order chi connectivity index (χ1) is 6.95. The minimum absolute atomic E-state index is 0.176. The van der Waals surface area contributed by atoms with Crippen molar-refractivity contribution in [1.29, 1.82) is 0 Å². The summed E-state index contributed by atoms with van der Waals surface area (Å²) in [6.45, 7) is 4.27. The first-order valence-corrected chi connectivity index (χ1v) is 6.62. The van der Waals surface area contributed by atoms with E-state index >= 15 is 0 Å². The quantitative estimate of drug-likeness (QED) is 0.857. The number of nitrogens with two attached hydrogens (primary N) is 1. The largest absolute Gasteiger partial charge is 0.238 e. The highest BCUT2D eigenvalue weighted by molar-refractivity contribution is 7.89. The molecule has 0 fully saturated rings. The summed E-state index contributed by atoms with van der Waals surface area (Å²) < 4.78 is 22.0. The molecule has 0 aliphatic rings. The maximum atomic E-state index is 11.0. The molecule has 0 aromatic heterocycles. The van der Waals surface area contributed by atoms with E-state index in [-0.39, 0.29) is 4.90 Å². The fourth-order valence-corrected chi connectivity index (χ4v) is 2.10. The summed E-state index contributed by atoms with van der Waals surface area (Å²) in [6.07, 6.45) is 2.23. The molecule has 0 radical (unpaired) electrons. The minimum Gasteiger partial charge on any atom is -0.225 e. The van der Waals surface area contributed by atoms with Gasteiger partial charge in [-0.3, -0.25) is 0 Å². The normalized spacial score (nSPS) is 13.8. The summed E-state index contributed by atoms with van der Waals surface area (Å²) in [7, 11) is -3.56. The molecule has 2 N–H and O–H groups in total. The molecule has 0 saturated heterocycles. The Labute approximate surface area is 91.4 Å². The van der Waals surface area contributed by atoms with Crippen LogP contribution in [0.4, 0.5) is 0 Å². The van der Waals surface area contributed by atoms with E-state index in [9.17, 15) is 8.42 Å². The molecule has 0 saturated carbocycles. The van der Waals surface area contributed by atoms with E-state index in [4.69, 9.17) is 5.14 Å². The van der Waals surface area contributed by atoms with Crippen molar-refractivity contribution in [2.45, 2.75) is 37.5 Å². The van der Waals surface area contributed by atoms with Crippen LogP contribution < -0.4 is 5.14 Å². The maximum absolute atomic E-state index is 11.0. The second kappa shape index (κ2) is 4.77. The molecular weight excluding hydrogens is 210 g/mol. The Hall–Kier alpha value is -0.870. The van der Waals surface area contributed by atoms with Gasteiger partial charge in [0.15, 0.2) is 0 Å². The van der Waals surface area contributed by atoms with Crippen molar-refractivity contribution in [3.05, 3.63) is 29.8 Å². The molecule has 3 nitrogen and oxygen atoms in total. The van der Waals surface area contributed by atoms with Crippen LogP contribution in [0.2, 0.25) is 0 Å². The topological polar surface area (TPSA) is 60.2 Å². The molecule has 0 amide bonds. The Morgan fingerprint density at radius 1 is 1.27 bits per heavy atom. The summed E-state index contributed by atoms with van der Waals surface area (Å²) in [4.78, 5) is 0.176. The molecule has 15 heavy (non-hydrogen) atoms. The molecular formula is C11H17NO2S. The van der Waals surface area contributed by atoms with Gasteiger partial charge in [0.05, 0.1) is 4.90 Å². The smallest absolute Gasteiger partial charge is 0.225 e. The highest BCUT2D eigenvalue weighted by atomic mass is 32.2. The van der Waals surface area contributed by atoms with E-state index in [1.54, 1.807) is 12.1 Å². The fraction of sp³-hybridized carbons (Fsp3) is 0.455. The lowest BCUT2D eigenvalue weighted by Gasteiger charge is -2.10. The van der Waals surface area contributed by atoms with Crippen molar-refractivity contribution in [1.82, 2.24) is 0 Å². The predicted molar refractivity (Wildman–Crippen MR) is 61.1 cm³/mol. The average Bonchev–Trinajstić information content (AvgIpc) is 2.17. The second-order valence-corrected chi connectivity index (χ2v) is 5.37. The Morgan fingerprint density at radius 2 is 1.80 bits per heavy atom. The van der Waals surface area contributed by atoms with Gasteiger partial charge in [-0.05, 0) is 30.0 Å². The van der Waals surface area contributed by atoms with Crippen molar-refractivity contribution in [2.24, 2.45) is 5.14 Å². The van der Waals surface area contributed by atoms with Crippen molar-refractivity contribution < 1.29 is 8.42 Å². The van der Waals surface area contributed by atoms with Gasteiger partial charge in [-0.25, -0.2) is 13.6 Å². The monoisotopic (exact) mass is 227 g/mol. The van der Waals surface area contributed by atoms with Gasteiger partial charge < -0.3 is 0 Å². The molecule has 0 aliphatic carbocycles. The lowest BCUT2D eigenvalue weighted by Crippen LogP contribution is -2.12. The summed E-state index contributed by atoms with van der Waals surface area (Å²) in [5.74, 6) is 0.463. The molecule has 4 heteroatoms. The molecule has 0 aliphatic heterocycles. The highest BCUT2D eigenvalue weighted by Crippen LogP contribution is 2.21. The third-order valence-electron chi connectivity index (χ3n) is 2.50. The SMILES string of the molecule is CCCC(C)c1ccc(S(N)(=O)=O)cc1. The standard InChI is InChI=1S/C11H17NO2S/c1-3-4-9(2)10-5-7-11(8-6-10)15(12,13)14/h5-9H,3-4H2,1-2H3,(H2,12,13,14). The van der Waals surface area contributed by atoms with Crippen molar-refractivity contribution in [3.63, 3.8) is 0 Å². The first-order valence-electron chi connectivity index (χ1n) is 5.08. The summed E-state index contributed by atoms with van der Waals surface area (Å²) in [5.41, 5.74) is 1.16. The third-order valence-corrected chi connectivity index (χ3v) is 3.43. The number of benzene rings is 1. The van der Waals surface area contributed by atoms with Crippen LogP contribution in [0.5, 0.6) is 0 Å². The van der Waals surface area contributed by atoms with Gasteiger partial charge in [0, 0.05) is 0 Å². The van der Waals surface area contributed by atoms with E-state index in [1.165, 1.54) is 0 Å². The van der Waals surface area contributed by atoms with Gasteiger partial charge in [0.25, 0.3) is 0 Å². The molecule has 84 valence electrons. The molecule has 1 aromatic rings. The molecule has 0 spiro atoms. The van der Waals surface area contributed by atoms with E-state index in [1.807, 2.05) is 12.1 Å². The van der Waals surface area contributed by atoms with Crippen LogP contribution >= 0.6 is 0 Å². The van der Waals surface area contributed by atoms with Gasteiger partial charge in [0.1, 0.15) is 0 Å². The summed E-state index contributed by atoms with van der Waals surface area (Å²) in [5, 5.41) is 5.01. The lowest BCUT2D eigenvalue weighted by atomic mass is 9.97. The zero-order valence-electron chi connectivity index (χ0n) is 9.10. The molecule has 0 heterocycles. The van der Waals surface area contributed by atoms with Gasteiger partial charge in [0.2, 0.25) is 10.0 Å². The zero-order chi connectivity index (χ0) is 11.5. The Bertz CT molecular complexity index is 409. The van der Waals surface area contributed by atoms with E-state index in [2.05, 4.69) is 13.8 Å². The third kappa shape index (κ3) is 3.32. The van der Waals surface area contributed by atoms with Crippen LogP contribution in [0.25, 0.3) is 0 Å². The van der Waals surface area contributed by atoms with E-state index in [0.29, 0.717) is 5.92 Å². The summed E-state index contributed by atoms with van der Waals surface area (Å²) in [6, 6.07) is 6.80. The highest BCUT2D eigenvalue weighted by Gasteiger charge is 2.09. The van der Waals surface area contributed by atoms with Gasteiger partial charge in [-0.2, -0.15) is 0 Å². The Morgan fingerprint density at radius 3 is 2.20 bits per heavy atom. The van der Waals surface area contributed by atoms with Gasteiger partial charge >= 0.3 is 0 Å². The Balaban J connectivity index is 2.90. The number of sulfonamides is 1. The number of hydrogen-bond donors (Lipinski definition) is 1. The van der Waals surface area contributed by atoms with Crippen LogP contribution in [-0.2, 0) is 10.0 Å². The van der Waals surface area contributed by atoms with Crippen molar-refractivity contribution in [2.75, 3.05) is 0 Å². The number of rotatable bonds is 4. The van der Waals surface area contributed by atoms with Crippen LogP contribution in [0.15, 0.2) is 29.2 Å². The van der Waals surface area contributed by atoms with Crippen LogP contribution in [-0.4, -0.2) is 8.42 Å². The molecule has 0 bridgehead atoms. The first kappa shape index (κ1) is 12.2. The minimum atomic E-state index is -3.56. The Kier molecular flexibility index (Phi) is 3.88. The fourth-order valence-electron chi connectivity index (χ4n) is 1.59. The maximum Gasteiger partial charge on any atom is 0.238 e. The van der Waals surface area contributed by atoms with Gasteiger partial charge in [-0.1, -0.05) is 32.4 Å². The lowest BCUT2D eigenvalue weighted by molar-refractivity contribution is 0.597.